The van der Waals surface area contributed by atoms with Crippen molar-refractivity contribution < 1.29 is 4.79 Å². The molecule has 1 atom stereocenters. The molecule has 106 valence electrons. The third-order valence-corrected chi connectivity index (χ3v) is 3.54. The first-order valence-electron chi connectivity index (χ1n) is 7.25. The molecular formula is C14H29N3O. The van der Waals surface area contributed by atoms with Gasteiger partial charge in [0.1, 0.15) is 0 Å². The average Bonchev–Trinajstić information content (AvgIpc) is 2.35. The number of carbonyl (C=O) groups is 1. The Morgan fingerprint density at radius 3 is 2.56 bits per heavy atom. The first-order chi connectivity index (χ1) is 8.59. The summed E-state index contributed by atoms with van der Waals surface area (Å²) in [5.41, 5.74) is 0. The van der Waals surface area contributed by atoms with Crippen molar-refractivity contribution in [3.05, 3.63) is 0 Å². The van der Waals surface area contributed by atoms with Gasteiger partial charge >= 0.3 is 0 Å². The second kappa shape index (κ2) is 8.48. The summed E-state index contributed by atoms with van der Waals surface area (Å²) in [7, 11) is 3.63. The number of nitrogens with one attached hydrogen (secondary N) is 1. The van der Waals surface area contributed by atoms with E-state index >= 15 is 0 Å². The first-order valence-corrected chi connectivity index (χ1v) is 7.25. The second-order valence-corrected chi connectivity index (χ2v) is 5.61. The number of hydrogen-bond acceptors (Lipinski definition) is 3. The van der Waals surface area contributed by atoms with Crippen LogP contribution in [-0.4, -0.2) is 62.0 Å². The van der Waals surface area contributed by atoms with Crippen molar-refractivity contribution in [1.82, 2.24) is 15.1 Å². The van der Waals surface area contributed by atoms with E-state index in [-0.39, 0.29) is 5.91 Å². The fourth-order valence-corrected chi connectivity index (χ4v) is 2.41. The van der Waals surface area contributed by atoms with Crippen molar-refractivity contribution in [3.8, 4) is 0 Å². The molecule has 1 saturated heterocycles. The van der Waals surface area contributed by atoms with E-state index < -0.39 is 0 Å². The molecule has 0 aromatic heterocycles. The van der Waals surface area contributed by atoms with Gasteiger partial charge in [0.15, 0.2) is 0 Å². The Hall–Kier alpha value is -0.610. The van der Waals surface area contributed by atoms with Crippen LogP contribution in [0.2, 0.25) is 0 Å². The van der Waals surface area contributed by atoms with Crippen molar-refractivity contribution in [3.63, 3.8) is 0 Å². The van der Waals surface area contributed by atoms with Crippen LogP contribution in [0.4, 0.5) is 0 Å². The van der Waals surface area contributed by atoms with Crippen LogP contribution in [0.15, 0.2) is 0 Å². The monoisotopic (exact) mass is 255 g/mol. The minimum atomic E-state index is 0.223. The van der Waals surface area contributed by atoms with Crippen molar-refractivity contribution >= 4 is 5.91 Å². The zero-order valence-electron chi connectivity index (χ0n) is 12.2. The third-order valence-electron chi connectivity index (χ3n) is 3.54. The number of carbonyl (C=O) groups excluding carboxylic acids is 1. The van der Waals surface area contributed by atoms with Gasteiger partial charge in [-0.3, -0.25) is 4.79 Å². The molecule has 4 nitrogen and oxygen atoms in total. The topological polar surface area (TPSA) is 35.6 Å². The van der Waals surface area contributed by atoms with Crippen molar-refractivity contribution in [2.75, 3.05) is 40.3 Å². The molecule has 0 aromatic rings. The molecule has 0 bridgehead atoms. The molecule has 1 rings (SSSR count). The molecule has 1 amide bonds. The number of likely N-dealkylation sites (tertiary alicyclic amines) is 1. The summed E-state index contributed by atoms with van der Waals surface area (Å²) in [4.78, 5) is 15.6. The lowest BCUT2D eigenvalue weighted by Gasteiger charge is -2.29. The normalized spacial score (nSPS) is 18.6. The SMILES string of the molecule is CC(CN1CCCCC1)NCCCC(=O)N(C)C. The van der Waals surface area contributed by atoms with Gasteiger partial charge in [0.2, 0.25) is 5.91 Å². The molecule has 18 heavy (non-hydrogen) atoms. The minimum Gasteiger partial charge on any atom is -0.349 e. The predicted molar refractivity (Wildman–Crippen MR) is 75.7 cm³/mol. The summed E-state index contributed by atoms with van der Waals surface area (Å²) in [5, 5.41) is 3.51. The summed E-state index contributed by atoms with van der Waals surface area (Å²) in [5.74, 6) is 0.223. The summed E-state index contributed by atoms with van der Waals surface area (Å²) in [6.45, 7) is 6.83. The zero-order chi connectivity index (χ0) is 13.4. The van der Waals surface area contributed by atoms with E-state index in [0.29, 0.717) is 12.5 Å². The van der Waals surface area contributed by atoms with E-state index in [1.54, 1.807) is 4.90 Å². The van der Waals surface area contributed by atoms with Gasteiger partial charge in [-0.1, -0.05) is 6.42 Å². The van der Waals surface area contributed by atoms with Crippen LogP contribution in [0.3, 0.4) is 0 Å². The van der Waals surface area contributed by atoms with Gasteiger partial charge in [0, 0.05) is 33.1 Å². The standard InChI is InChI=1S/C14H29N3O/c1-13(12-17-10-5-4-6-11-17)15-9-7-8-14(18)16(2)3/h13,15H,4-12H2,1-3H3. The maximum absolute atomic E-state index is 11.4. The number of hydrogen-bond donors (Lipinski definition) is 1. The maximum Gasteiger partial charge on any atom is 0.222 e. The van der Waals surface area contributed by atoms with Crippen LogP contribution in [0.1, 0.15) is 39.0 Å². The highest BCUT2D eigenvalue weighted by atomic mass is 16.2. The third kappa shape index (κ3) is 6.36. The molecule has 0 aromatic carbocycles. The fourth-order valence-electron chi connectivity index (χ4n) is 2.41. The van der Waals surface area contributed by atoms with E-state index in [4.69, 9.17) is 0 Å². The maximum atomic E-state index is 11.4. The molecule has 1 fully saturated rings. The number of amides is 1. The van der Waals surface area contributed by atoms with Crippen LogP contribution in [0, 0.1) is 0 Å². The highest BCUT2D eigenvalue weighted by molar-refractivity contribution is 5.75. The molecule has 1 N–H and O–H groups in total. The molecule has 1 heterocycles. The van der Waals surface area contributed by atoms with Crippen molar-refractivity contribution in [1.29, 1.82) is 0 Å². The Labute approximate surface area is 112 Å². The lowest BCUT2D eigenvalue weighted by Crippen LogP contribution is -2.41. The van der Waals surface area contributed by atoms with E-state index in [2.05, 4.69) is 17.1 Å². The Morgan fingerprint density at radius 2 is 1.94 bits per heavy atom. The quantitative estimate of drug-likeness (QED) is 0.697. The highest BCUT2D eigenvalue weighted by Crippen LogP contribution is 2.08. The van der Waals surface area contributed by atoms with E-state index in [0.717, 1.165) is 19.5 Å². The Balaban J connectivity index is 2.02. The van der Waals surface area contributed by atoms with Gasteiger partial charge < -0.3 is 15.1 Å². The predicted octanol–water partition coefficient (Wildman–Crippen LogP) is 1.32. The summed E-state index contributed by atoms with van der Waals surface area (Å²) in [6, 6.07) is 0.526. The fraction of sp³-hybridized carbons (Fsp3) is 0.929. The molecule has 0 aliphatic carbocycles. The van der Waals surface area contributed by atoms with Crippen LogP contribution in [0.5, 0.6) is 0 Å². The Morgan fingerprint density at radius 1 is 1.28 bits per heavy atom. The molecular weight excluding hydrogens is 226 g/mol. The molecule has 0 spiro atoms. The van der Waals surface area contributed by atoms with E-state index in [1.165, 1.54) is 32.4 Å². The van der Waals surface area contributed by atoms with Crippen LogP contribution >= 0.6 is 0 Å². The van der Waals surface area contributed by atoms with Crippen LogP contribution in [0.25, 0.3) is 0 Å². The largest absolute Gasteiger partial charge is 0.349 e. The molecule has 0 radical (unpaired) electrons. The second-order valence-electron chi connectivity index (χ2n) is 5.61. The minimum absolute atomic E-state index is 0.223. The van der Waals surface area contributed by atoms with Gasteiger partial charge in [-0.15, -0.1) is 0 Å². The van der Waals surface area contributed by atoms with Crippen molar-refractivity contribution in [2.45, 2.75) is 45.1 Å². The Bertz CT molecular complexity index is 237. The average molecular weight is 255 g/mol. The molecule has 0 saturated carbocycles. The van der Waals surface area contributed by atoms with Gasteiger partial charge in [0.05, 0.1) is 0 Å². The van der Waals surface area contributed by atoms with Gasteiger partial charge in [0.25, 0.3) is 0 Å². The van der Waals surface area contributed by atoms with Gasteiger partial charge in [-0.2, -0.15) is 0 Å². The molecule has 1 unspecified atom stereocenters. The number of nitrogens with zero attached hydrogens (tertiary/aromatic N) is 2. The first kappa shape index (κ1) is 15.4. The highest BCUT2D eigenvalue weighted by Gasteiger charge is 2.12. The van der Waals surface area contributed by atoms with Gasteiger partial charge in [-0.25, -0.2) is 0 Å². The van der Waals surface area contributed by atoms with E-state index in [1.807, 2.05) is 14.1 Å². The molecule has 4 heteroatoms. The number of rotatable bonds is 7. The summed E-state index contributed by atoms with van der Waals surface area (Å²) >= 11 is 0. The summed E-state index contributed by atoms with van der Waals surface area (Å²) < 4.78 is 0. The molecule has 1 aliphatic rings. The van der Waals surface area contributed by atoms with E-state index in [9.17, 15) is 4.79 Å². The lowest BCUT2D eigenvalue weighted by atomic mass is 10.1. The van der Waals surface area contributed by atoms with Gasteiger partial charge in [-0.05, 0) is 45.8 Å². The Kier molecular flexibility index (Phi) is 7.28. The number of piperidine rings is 1. The lowest BCUT2D eigenvalue weighted by molar-refractivity contribution is -0.128. The van der Waals surface area contributed by atoms with Crippen molar-refractivity contribution in [2.24, 2.45) is 0 Å². The van der Waals surface area contributed by atoms with Crippen LogP contribution in [-0.2, 0) is 4.79 Å². The molecule has 1 aliphatic heterocycles. The zero-order valence-corrected chi connectivity index (χ0v) is 12.2. The smallest absolute Gasteiger partial charge is 0.222 e. The van der Waals surface area contributed by atoms with Crippen LogP contribution < -0.4 is 5.32 Å². The summed E-state index contributed by atoms with van der Waals surface area (Å²) in [6.07, 6.45) is 5.68.